The Hall–Kier alpha value is -1.11. The van der Waals surface area contributed by atoms with Crippen molar-refractivity contribution in [2.75, 3.05) is 14.2 Å². The SMILES string of the molecule is CO.CO.O=Cc1cc(C=O)n(S)c1. The van der Waals surface area contributed by atoms with Gasteiger partial charge in [0.1, 0.15) is 0 Å². The van der Waals surface area contributed by atoms with E-state index in [2.05, 4.69) is 12.8 Å². The number of aliphatic hydroxyl groups excluding tert-OH is 2. The molecule has 5 nitrogen and oxygen atoms in total. The van der Waals surface area contributed by atoms with Crippen molar-refractivity contribution in [3.8, 4) is 0 Å². The molecule has 0 spiro atoms. The lowest BCUT2D eigenvalue weighted by molar-refractivity contribution is 0.111. The third-order valence-electron chi connectivity index (χ3n) is 1.11. The van der Waals surface area contributed by atoms with Crippen molar-refractivity contribution in [1.29, 1.82) is 0 Å². The summed E-state index contributed by atoms with van der Waals surface area (Å²) in [6.45, 7) is 0. The van der Waals surface area contributed by atoms with E-state index in [1.165, 1.54) is 16.2 Å². The zero-order valence-electron chi connectivity index (χ0n) is 7.91. The highest BCUT2D eigenvalue weighted by Gasteiger charge is 1.99. The summed E-state index contributed by atoms with van der Waals surface area (Å²) in [6.07, 6.45) is 2.78. The molecule has 0 aromatic carbocycles. The molecule has 0 atom stereocenters. The summed E-state index contributed by atoms with van der Waals surface area (Å²) >= 11 is 3.88. The summed E-state index contributed by atoms with van der Waals surface area (Å²) in [5.74, 6) is 0. The van der Waals surface area contributed by atoms with Gasteiger partial charge >= 0.3 is 0 Å². The van der Waals surface area contributed by atoms with Crippen LogP contribution in [0.4, 0.5) is 0 Å². The van der Waals surface area contributed by atoms with Gasteiger partial charge in [-0.2, -0.15) is 0 Å². The summed E-state index contributed by atoms with van der Waals surface area (Å²) < 4.78 is 1.30. The van der Waals surface area contributed by atoms with E-state index in [9.17, 15) is 9.59 Å². The fourth-order valence-corrected chi connectivity index (χ4v) is 0.881. The van der Waals surface area contributed by atoms with Crippen LogP contribution in [-0.4, -0.2) is 41.0 Å². The number of aldehydes is 2. The number of aliphatic hydroxyl groups is 2. The predicted octanol–water partition coefficient (Wildman–Crippen LogP) is 0.0230. The van der Waals surface area contributed by atoms with E-state index in [0.717, 1.165) is 14.2 Å². The quantitative estimate of drug-likeness (QED) is 0.484. The lowest BCUT2D eigenvalue weighted by Gasteiger charge is -1.86. The first kappa shape index (κ1) is 15.4. The van der Waals surface area contributed by atoms with E-state index in [1.807, 2.05) is 0 Å². The average Bonchev–Trinajstić information content (AvgIpc) is 2.65. The van der Waals surface area contributed by atoms with E-state index < -0.39 is 0 Å². The molecule has 0 unspecified atom stereocenters. The van der Waals surface area contributed by atoms with Crippen LogP contribution in [0, 0.1) is 0 Å². The first-order valence-electron chi connectivity index (χ1n) is 3.49. The van der Waals surface area contributed by atoms with E-state index in [0.29, 0.717) is 23.8 Å². The maximum Gasteiger partial charge on any atom is 0.167 e. The summed E-state index contributed by atoms with van der Waals surface area (Å²) in [7, 11) is 2.00. The second-order valence-corrected chi connectivity index (χ2v) is 2.21. The van der Waals surface area contributed by atoms with E-state index in [1.54, 1.807) is 0 Å². The van der Waals surface area contributed by atoms with Gasteiger partial charge in [0.25, 0.3) is 0 Å². The van der Waals surface area contributed by atoms with Crippen LogP contribution in [0.2, 0.25) is 0 Å². The van der Waals surface area contributed by atoms with Gasteiger partial charge in [0.05, 0.1) is 5.69 Å². The van der Waals surface area contributed by atoms with Gasteiger partial charge in [-0.25, -0.2) is 0 Å². The van der Waals surface area contributed by atoms with E-state index >= 15 is 0 Å². The second kappa shape index (κ2) is 9.97. The standard InChI is InChI=1S/C6H5NO2S.2CH4O/c8-3-5-1-6(4-9)7(10)2-5;2*1-2/h1-4,10H;2*2H,1H3. The molecule has 6 heteroatoms. The first-order chi connectivity index (χ1) is 6.77. The Morgan fingerprint density at radius 2 is 1.71 bits per heavy atom. The van der Waals surface area contributed by atoms with Gasteiger partial charge in [-0.15, -0.1) is 0 Å². The van der Waals surface area contributed by atoms with Crippen LogP contribution in [0.5, 0.6) is 0 Å². The number of aromatic nitrogens is 1. The number of hydrogen-bond donors (Lipinski definition) is 3. The molecule has 0 radical (unpaired) electrons. The molecule has 0 bridgehead atoms. The van der Waals surface area contributed by atoms with E-state index in [4.69, 9.17) is 10.2 Å². The number of rotatable bonds is 2. The lowest BCUT2D eigenvalue weighted by Crippen LogP contribution is -1.83. The van der Waals surface area contributed by atoms with Gasteiger partial charge in [-0.05, 0) is 6.07 Å². The zero-order chi connectivity index (χ0) is 11.6. The van der Waals surface area contributed by atoms with Gasteiger partial charge < -0.3 is 10.2 Å². The zero-order valence-corrected chi connectivity index (χ0v) is 8.81. The normalized spacial score (nSPS) is 7.50. The van der Waals surface area contributed by atoms with Crippen molar-refractivity contribution in [1.82, 2.24) is 3.97 Å². The molecule has 0 amide bonds. The van der Waals surface area contributed by atoms with Crippen LogP contribution in [-0.2, 0) is 0 Å². The molecule has 0 saturated heterocycles. The summed E-state index contributed by atoms with van der Waals surface area (Å²) in [4.78, 5) is 20.3. The van der Waals surface area contributed by atoms with Crippen LogP contribution in [0.25, 0.3) is 0 Å². The maximum atomic E-state index is 10.2. The molecule has 0 aliphatic rings. The molecule has 1 rings (SSSR count). The molecule has 0 aliphatic heterocycles. The Kier molecular flexibility index (Phi) is 10.9. The van der Waals surface area contributed by atoms with Gasteiger partial charge in [-0.3, -0.25) is 13.6 Å². The monoisotopic (exact) mass is 219 g/mol. The highest BCUT2D eigenvalue weighted by Crippen LogP contribution is 2.04. The Balaban J connectivity index is 0. The van der Waals surface area contributed by atoms with Crippen LogP contribution in [0.15, 0.2) is 12.3 Å². The van der Waals surface area contributed by atoms with Gasteiger partial charge in [-0.1, -0.05) is 12.8 Å². The Bertz CT molecular complexity index is 272. The van der Waals surface area contributed by atoms with Crippen LogP contribution < -0.4 is 0 Å². The molecular formula is C8H13NO4S. The minimum absolute atomic E-state index is 0.380. The third kappa shape index (κ3) is 4.80. The smallest absolute Gasteiger partial charge is 0.167 e. The number of carbonyl (C=O) groups is 2. The lowest BCUT2D eigenvalue weighted by atomic mass is 10.3. The summed E-state index contributed by atoms with van der Waals surface area (Å²) in [6, 6.07) is 1.47. The molecule has 14 heavy (non-hydrogen) atoms. The highest BCUT2D eigenvalue weighted by atomic mass is 32.1. The number of nitrogens with zero attached hydrogens (tertiary/aromatic N) is 1. The third-order valence-corrected chi connectivity index (χ3v) is 1.45. The van der Waals surface area contributed by atoms with Gasteiger partial charge in [0.15, 0.2) is 12.6 Å². The van der Waals surface area contributed by atoms with Crippen LogP contribution >= 0.6 is 12.8 Å². The number of hydrogen-bond acceptors (Lipinski definition) is 5. The molecule has 2 N–H and O–H groups in total. The molecule has 0 saturated carbocycles. The van der Waals surface area contributed by atoms with Crippen molar-refractivity contribution >= 4 is 25.4 Å². The minimum atomic E-state index is 0.380. The van der Waals surface area contributed by atoms with E-state index in [-0.39, 0.29) is 0 Å². The molecule has 1 aromatic rings. The average molecular weight is 219 g/mol. The van der Waals surface area contributed by atoms with Crippen LogP contribution in [0.1, 0.15) is 20.8 Å². The molecule has 0 fully saturated rings. The number of carbonyl (C=O) groups excluding carboxylic acids is 2. The van der Waals surface area contributed by atoms with Crippen molar-refractivity contribution in [3.63, 3.8) is 0 Å². The van der Waals surface area contributed by atoms with Crippen molar-refractivity contribution < 1.29 is 19.8 Å². The topological polar surface area (TPSA) is 79.5 Å². The Morgan fingerprint density at radius 1 is 1.21 bits per heavy atom. The molecule has 80 valence electrons. The van der Waals surface area contributed by atoms with Crippen LogP contribution in [0.3, 0.4) is 0 Å². The fraction of sp³-hybridized carbons (Fsp3) is 0.250. The molecule has 1 heterocycles. The highest BCUT2D eigenvalue weighted by molar-refractivity contribution is 7.78. The van der Waals surface area contributed by atoms with Crippen molar-refractivity contribution in [2.24, 2.45) is 0 Å². The second-order valence-electron chi connectivity index (χ2n) is 1.78. The molecule has 0 aliphatic carbocycles. The first-order valence-corrected chi connectivity index (χ1v) is 3.89. The summed E-state index contributed by atoms with van der Waals surface area (Å²) in [5, 5.41) is 14.0. The van der Waals surface area contributed by atoms with Crippen molar-refractivity contribution in [2.45, 2.75) is 0 Å². The number of thiol groups is 1. The summed E-state index contributed by atoms with van der Waals surface area (Å²) in [5.41, 5.74) is 0.836. The molecular weight excluding hydrogens is 206 g/mol. The largest absolute Gasteiger partial charge is 0.400 e. The molecule has 1 aromatic heterocycles. The maximum absolute atomic E-state index is 10.2. The Morgan fingerprint density at radius 3 is 1.93 bits per heavy atom. The van der Waals surface area contributed by atoms with Crippen molar-refractivity contribution in [3.05, 3.63) is 23.5 Å². The van der Waals surface area contributed by atoms with Gasteiger partial charge in [0, 0.05) is 26.0 Å². The fourth-order valence-electron chi connectivity index (χ4n) is 0.642. The minimum Gasteiger partial charge on any atom is -0.400 e. The van der Waals surface area contributed by atoms with Gasteiger partial charge in [0.2, 0.25) is 0 Å². The Labute approximate surface area is 87.5 Å². The predicted molar refractivity (Wildman–Crippen MR) is 55.9 cm³/mol.